The van der Waals surface area contributed by atoms with E-state index in [2.05, 4.69) is 24.4 Å². The highest BCUT2D eigenvalue weighted by atomic mass is 31.2. The molecular formula is C23H36F2N5O13P. The smallest absolute Gasteiger partial charge is 0.476 e. The van der Waals surface area contributed by atoms with Gasteiger partial charge in [0.15, 0.2) is 17.3 Å². The Morgan fingerprint density at radius 3 is 2.07 bits per heavy atom. The van der Waals surface area contributed by atoms with Crippen molar-refractivity contribution in [1.29, 1.82) is 0 Å². The molecule has 250 valence electrons. The van der Waals surface area contributed by atoms with E-state index in [1.165, 1.54) is 27.7 Å². The van der Waals surface area contributed by atoms with E-state index in [1.807, 2.05) is 0 Å². The molecule has 2 rings (SSSR count). The van der Waals surface area contributed by atoms with Gasteiger partial charge in [0.25, 0.3) is 5.85 Å². The van der Waals surface area contributed by atoms with E-state index < -0.39 is 70.3 Å². The summed E-state index contributed by atoms with van der Waals surface area (Å²) in [6, 6.07) is 0. The molecule has 2 aromatic heterocycles. The number of anilines is 1. The molecule has 0 bridgehead atoms. The number of aliphatic hydroxyl groups excluding tert-OH is 1. The maximum atomic E-state index is 16.2. The number of nitrogen functional groups attached to an aromatic ring is 1. The van der Waals surface area contributed by atoms with Gasteiger partial charge in [-0.2, -0.15) is 9.97 Å². The van der Waals surface area contributed by atoms with Crippen LogP contribution >= 0.6 is 7.82 Å². The molecule has 0 aliphatic rings. The average Bonchev–Trinajstić information content (AvgIpc) is 3.35. The van der Waals surface area contributed by atoms with Gasteiger partial charge >= 0.3 is 20.1 Å². The van der Waals surface area contributed by atoms with E-state index in [4.69, 9.17) is 38.3 Å². The minimum Gasteiger partial charge on any atom is -0.476 e. The van der Waals surface area contributed by atoms with Crippen molar-refractivity contribution in [2.75, 3.05) is 39.6 Å². The summed E-state index contributed by atoms with van der Waals surface area (Å²) in [4.78, 5) is 35.0. The maximum Gasteiger partial charge on any atom is 0.510 e. The van der Waals surface area contributed by atoms with Crippen molar-refractivity contribution in [1.82, 2.24) is 19.5 Å². The summed E-state index contributed by atoms with van der Waals surface area (Å²) in [7, 11) is -4.26. The lowest BCUT2D eigenvalue weighted by atomic mass is 10.0. The molecule has 0 unspecified atom stereocenters. The minimum atomic E-state index is -5.01. The van der Waals surface area contributed by atoms with Crippen LogP contribution in [0.5, 0.6) is 5.88 Å². The Hall–Kier alpha value is -3.42. The number of nitrogens with zero attached hydrogens (tertiary/aromatic N) is 4. The lowest BCUT2D eigenvalue weighted by molar-refractivity contribution is -0.255. The Morgan fingerprint density at radius 1 is 1.05 bits per heavy atom. The van der Waals surface area contributed by atoms with Crippen LogP contribution in [-0.4, -0.2) is 95.0 Å². The van der Waals surface area contributed by atoms with Crippen molar-refractivity contribution >= 4 is 37.2 Å². The van der Waals surface area contributed by atoms with Crippen molar-refractivity contribution in [3.8, 4) is 5.88 Å². The number of carbonyl (C=O) groups is 2. The Kier molecular flexibility index (Phi) is 13.0. The van der Waals surface area contributed by atoms with Gasteiger partial charge in [-0.3, -0.25) is 9.09 Å². The molecule has 3 atom stereocenters. The average molecular weight is 660 g/mol. The molecule has 3 N–H and O–H groups in total. The molecule has 21 heteroatoms. The van der Waals surface area contributed by atoms with Crippen LogP contribution in [0.3, 0.4) is 0 Å². The summed E-state index contributed by atoms with van der Waals surface area (Å²) in [6.45, 7) is 4.92. The van der Waals surface area contributed by atoms with E-state index in [1.54, 1.807) is 6.92 Å². The predicted octanol–water partition coefficient (Wildman–Crippen LogP) is 3.32. The number of fused-ring (bicyclic) bond motifs is 1. The number of alkyl halides is 2. The molecule has 0 fully saturated rings. The van der Waals surface area contributed by atoms with E-state index in [0.717, 1.165) is 20.4 Å². The molecule has 0 radical (unpaired) electrons. The van der Waals surface area contributed by atoms with E-state index in [-0.39, 0.29) is 29.6 Å². The van der Waals surface area contributed by atoms with Gasteiger partial charge in [0.05, 0.1) is 25.1 Å². The summed E-state index contributed by atoms with van der Waals surface area (Å²) < 4.78 is 89.3. The Balaban J connectivity index is 2.28. The third-order valence-electron chi connectivity index (χ3n) is 5.24. The highest BCUT2D eigenvalue weighted by molar-refractivity contribution is 7.48. The number of nitrogens with two attached hydrogens (primary N) is 1. The molecule has 0 saturated heterocycles. The van der Waals surface area contributed by atoms with Crippen molar-refractivity contribution < 1.29 is 70.0 Å². The zero-order valence-electron chi connectivity index (χ0n) is 25.1. The zero-order valence-corrected chi connectivity index (χ0v) is 25.9. The SMILES string of the molecule is CCOc1nc(N)nc2c1ncn2[C@](C)(F)[C@H](O)[C@@](F)(COP(=O)(OCOC(=O)OC(C)C)OCOC(=O)OC(C)C)OC. The fraction of sp³-hybridized carbons (Fsp3) is 0.696. The zero-order chi connectivity index (χ0) is 33.3. The number of halogens is 2. The summed E-state index contributed by atoms with van der Waals surface area (Å²) in [6.07, 6.45) is -5.46. The second kappa shape index (κ2) is 15.5. The lowest BCUT2D eigenvalue weighted by Crippen LogP contribution is -2.55. The maximum absolute atomic E-state index is 16.2. The molecule has 0 aliphatic carbocycles. The van der Waals surface area contributed by atoms with Gasteiger partial charge < -0.3 is 39.3 Å². The number of carbonyl (C=O) groups excluding carboxylic acids is 2. The molecular weight excluding hydrogens is 623 g/mol. The number of phosphoric acid groups is 1. The van der Waals surface area contributed by atoms with Gasteiger partial charge in [-0.25, -0.2) is 37.0 Å². The van der Waals surface area contributed by atoms with Crippen molar-refractivity contribution in [2.24, 2.45) is 0 Å². The Morgan fingerprint density at radius 2 is 1.59 bits per heavy atom. The van der Waals surface area contributed by atoms with Crippen LogP contribution in [0.25, 0.3) is 11.2 Å². The number of phosphoric ester groups is 1. The van der Waals surface area contributed by atoms with Gasteiger partial charge in [-0.1, -0.05) is 0 Å². The summed E-state index contributed by atoms with van der Waals surface area (Å²) in [5.74, 6) is -6.98. The number of rotatable bonds is 17. The minimum absolute atomic E-state index is 0.0476. The second-order valence-electron chi connectivity index (χ2n) is 9.36. The lowest BCUT2D eigenvalue weighted by Gasteiger charge is -2.36. The molecule has 2 aromatic rings. The number of imidazole rings is 1. The van der Waals surface area contributed by atoms with Gasteiger partial charge in [-0.15, -0.1) is 0 Å². The third-order valence-corrected chi connectivity index (χ3v) is 6.53. The number of hydrogen-bond donors (Lipinski definition) is 2. The number of hydrogen-bond acceptors (Lipinski definition) is 17. The highest BCUT2D eigenvalue weighted by Gasteiger charge is 2.54. The topological polar surface area (TPSA) is 224 Å². The fourth-order valence-electron chi connectivity index (χ4n) is 3.23. The molecule has 0 aromatic carbocycles. The molecule has 18 nitrogen and oxygen atoms in total. The van der Waals surface area contributed by atoms with E-state index >= 15 is 8.78 Å². The first-order valence-electron chi connectivity index (χ1n) is 12.9. The van der Waals surface area contributed by atoms with Crippen LogP contribution < -0.4 is 10.5 Å². The molecule has 0 spiro atoms. The quantitative estimate of drug-likeness (QED) is 0.141. The first-order chi connectivity index (χ1) is 20.5. The van der Waals surface area contributed by atoms with Gasteiger partial charge in [0, 0.05) is 7.11 Å². The van der Waals surface area contributed by atoms with E-state index in [0.29, 0.717) is 4.57 Å². The van der Waals surface area contributed by atoms with Crippen LogP contribution in [-0.2, 0) is 47.6 Å². The first-order valence-corrected chi connectivity index (χ1v) is 14.4. The number of aromatic nitrogens is 4. The number of aliphatic hydroxyl groups is 1. The van der Waals surface area contributed by atoms with Crippen molar-refractivity contribution in [3.63, 3.8) is 0 Å². The molecule has 44 heavy (non-hydrogen) atoms. The van der Waals surface area contributed by atoms with Crippen molar-refractivity contribution in [2.45, 2.75) is 71.5 Å². The van der Waals surface area contributed by atoms with Crippen LogP contribution in [0.4, 0.5) is 24.3 Å². The van der Waals surface area contributed by atoms with Crippen LogP contribution in [0.2, 0.25) is 0 Å². The standard InChI is InChI=1S/C23H36F2N5O13P/c1-8-36-17-15-16(28-19(26)29-17)30(10-27-15)22(6,24)18(31)23(25,35-7)9-39-44(34,40-11-37-20(32)42-13(2)3)41-12-38-21(33)43-14(4)5/h10,13-14,18,31H,8-9,11-12H2,1-7H3,(H2,26,28,29)/t18-,22-,23+/m0/s1. The normalized spacial score (nSPS) is 15.5. The molecule has 0 amide bonds. The number of ether oxygens (including phenoxy) is 6. The van der Waals surface area contributed by atoms with Crippen molar-refractivity contribution in [3.05, 3.63) is 6.33 Å². The third kappa shape index (κ3) is 9.80. The molecule has 0 saturated carbocycles. The number of methoxy groups -OCH3 is 1. The summed E-state index contributed by atoms with van der Waals surface area (Å²) in [5, 5.41) is 10.9. The Labute approximate surface area is 250 Å². The second-order valence-corrected chi connectivity index (χ2v) is 11.0. The molecule has 0 aliphatic heterocycles. The van der Waals surface area contributed by atoms with Crippen LogP contribution in [0, 0.1) is 0 Å². The highest BCUT2D eigenvalue weighted by Crippen LogP contribution is 2.51. The predicted molar refractivity (Wildman–Crippen MR) is 143 cm³/mol. The monoisotopic (exact) mass is 659 g/mol. The Bertz CT molecular complexity index is 1280. The largest absolute Gasteiger partial charge is 0.510 e. The van der Waals surface area contributed by atoms with Gasteiger partial charge in [0.1, 0.15) is 6.61 Å². The van der Waals surface area contributed by atoms with Gasteiger partial charge in [0.2, 0.25) is 31.2 Å². The van der Waals surface area contributed by atoms with Crippen LogP contribution in [0.1, 0.15) is 41.5 Å². The van der Waals surface area contributed by atoms with E-state index in [9.17, 15) is 19.3 Å². The molecule has 2 heterocycles. The first kappa shape index (κ1) is 36.8. The van der Waals surface area contributed by atoms with Gasteiger partial charge in [-0.05, 0) is 41.5 Å². The summed E-state index contributed by atoms with van der Waals surface area (Å²) >= 11 is 0. The fourth-order valence-corrected chi connectivity index (χ4v) is 4.15. The van der Waals surface area contributed by atoms with Crippen LogP contribution in [0.15, 0.2) is 6.33 Å². The summed E-state index contributed by atoms with van der Waals surface area (Å²) in [5.41, 5.74) is 5.38.